The Bertz CT molecular complexity index is 946. The summed E-state index contributed by atoms with van der Waals surface area (Å²) < 4.78 is 27.7. The number of thiophene rings is 1. The average molecular weight is 345 g/mol. The smallest absolute Gasteiger partial charge is 0.280 e. The van der Waals surface area contributed by atoms with Crippen LogP contribution in [-0.4, -0.2) is 11.9 Å². The molecule has 4 nitrogen and oxygen atoms in total. The molecule has 0 saturated carbocycles. The number of aliphatic imine (C=N–C) groups is 1. The largest absolute Gasteiger partial charge is 0.370 e. The lowest BCUT2D eigenvalue weighted by atomic mass is 10.00. The van der Waals surface area contributed by atoms with E-state index in [1.54, 1.807) is 36.4 Å². The van der Waals surface area contributed by atoms with Gasteiger partial charge in [-0.3, -0.25) is 4.79 Å². The van der Waals surface area contributed by atoms with E-state index in [9.17, 15) is 13.6 Å². The van der Waals surface area contributed by atoms with Crippen LogP contribution in [0, 0.1) is 0 Å². The molecule has 0 bridgehead atoms. The summed E-state index contributed by atoms with van der Waals surface area (Å²) in [6, 6.07) is 13.5. The molecule has 3 rings (SSSR count). The predicted octanol–water partition coefficient (Wildman–Crippen LogP) is 3.92. The Kier molecular flexibility index (Phi) is 4.26. The lowest BCUT2D eigenvalue weighted by molar-refractivity contribution is 0.100. The molecule has 0 unspecified atom stereocenters. The summed E-state index contributed by atoms with van der Waals surface area (Å²) >= 11 is 1.05. The summed E-state index contributed by atoms with van der Waals surface area (Å²) in [6.45, 7) is 0. The van der Waals surface area contributed by atoms with E-state index in [1.807, 2.05) is 0 Å². The van der Waals surface area contributed by atoms with Gasteiger partial charge in [0, 0.05) is 21.2 Å². The van der Waals surface area contributed by atoms with Gasteiger partial charge in [0.05, 0.1) is 4.88 Å². The second-order valence-corrected chi connectivity index (χ2v) is 6.14. The van der Waals surface area contributed by atoms with E-state index >= 15 is 0 Å². The molecule has 0 radical (unpaired) electrons. The van der Waals surface area contributed by atoms with Crippen molar-refractivity contribution in [3.05, 3.63) is 59.0 Å². The molecule has 7 heteroatoms. The standard InChI is InChI=1S/C17H13F2N3OS/c18-15(19)14-13(11-6-1-2-7-12(11)24-14)9-4-3-5-10(8-9)16(23)22-17(20)21/h1-8,15H,(H4,20,21,22,23). The van der Waals surface area contributed by atoms with Crippen molar-refractivity contribution in [2.75, 3.05) is 0 Å². The van der Waals surface area contributed by atoms with Gasteiger partial charge >= 0.3 is 0 Å². The fourth-order valence-electron chi connectivity index (χ4n) is 2.51. The first-order valence-corrected chi connectivity index (χ1v) is 7.83. The molecule has 0 fully saturated rings. The molecule has 122 valence electrons. The Balaban J connectivity index is 2.19. The normalized spacial score (nSPS) is 11.0. The topological polar surface area (TPSA) is 81.5 Å². The summed E-state index contributed by atoms with van der Waals surface area (Å²) in [5.74, 6) is -0.963. The number of fused-ring (bicyclic) bond motifs is 1. The third kappa shape index (κ3) is 2.98. The number of alkyl halides is 2. The molecule has 1 amide bonds. The molecule has 0 aliphatic heterocycles. The van der Waals surface area contributed by atoms with Crippen LogP contribution in [0.3, 0.4) is 0 Å². The van der Waals surface area contributed by atoms with Crippen LogP contribution in [0.15, 0.2) is 53.5 Å². The average Bonchev–Trinajstić information content (AvgIpc) is 2.94. The first-order valence-electron chi connectivity index (χ1n) is 7.01. The van der Waals surface area contributed by atoms with Gasteiger partial charge in [0.15, 0.2) is 5.96 Å². The van der Waals surface area contributed by atoms with Crippen LogP contribution in [0.5, 0.6) is 0 Å². The summed E-state index contributed by atoms with van der Waals surface area (Å²) in [6.07, 6.45) is -2.60. The van der Waals surface area contributed by atoms with E-state index in [4.69, 9.17) is 11.5 Å². The molecule has 24 heavy (non-hydrogen) atoms. The van der Waals surface area contributed by atoms with Crippen LogP contribution < -0.4 is 11.5 Å². The van der Waals surface area contributed by atoms with E-state index in [0.717, 1.165) is 21.4 Å². The highest BCUT2D eigenvalue weighted by Gasteiger charge is 2.21. The number of nitrogens with zero attached hydrogens (tertiary/aromatic N) is 1. The quantitative estimate of drug-likeness (QED) is 0.557. The van der Waals surface area contributed by atoms with Gasteiger partial charge in [0.25, 0.3) is 12.3 Å². The van der Waals surface area contributed by atoms with Crippen molar-refractivity contribution in [1.29, 1.82) is 0 Å². The lowest BCUT2D eigenvalue weighted by Gasteiger charge is -2.06. The molecule has 0 aliphatic carbocycles. The molecule has 0 spiro atoms. The summed E-state index contributed by atoms with van der Waals surface area (Å²) in [5, 5.41) is 0.726. The highest BCUT2D eigenvalue weighted by Crippen LogP contribution is 2.43. The summed E-state index contributed by atoms with van der Waals surface area (Å²) in [4.78, 5) is 15.4. The lowest BCUT2D eigenvalue weighted by Crippen LogP contribution is -2.24. The van der Waals surface area contributed by atoms with Crippen LogP contribution in [0.2, 0.25) is 0 Å². The maximum atomic E-state index is 13.5. The van der Waals surface area contributed by atoms with E-state index < -0.39 is 12.3 Å². The van der Waals surface area contributed by atoms with Crippen LogP contribution in [0.4, 0.5) is 8.78 Å². The van der Waals surface area contributed by atoms with E-state index in [2.05, 4.69) is 4.99 Å². The van der Waals surface area contributed by atoms with Gasteiger partial charge in [-0.15, -0.1) is 11.3 Å². The zero-order valence-electron chi connectivity index (χ0n) is 12.4. The minimum atomic E-state index is -2.60. The maximum Gasteiger partial charge on any atom is 0.280 e. The highest BCUT2D eigenvalue weighted by atomic mass is 32.1. The van der Waals surface area contributed by atoms with Gasteiger partial charge in [-0.1, -0.05) is 30.3 Å². The number of hydrogen-bond donors (Lipinski definition) is 2. The first-order chi connectivity index (χ1) is 11.5. The van der Waals surface area contributed by atoms with Crippen LogP contribution in [0.25, 0.3) is 21.2 Å². The second-order valence-electron chi connectivity index (χ2n) is 5.06. The van der Waals surface area contributed by atoms with Gasteiger partial charge < -0.3 is 11.5 Å². The van der Waals surface area contributed by atoms with Crippen LogP contribution >= 0.6 is 11.3 Å². The van der Waals surface area contributed by atoms with Crippen molar-refractivity contribution in [1.82, 2.24) is 0 Å². The molecular weight excluding hydrogens is 332 g/mol. The monoisotopic (exact) mass is 345 g/mol. The van der Waals surface area contributed by atoms with Gasteiger partial charge in [0.1, 0.15) is 0 Å². The van der Waals surface area contributed by atoms with Gasteiger partial charge in [-0.25, -0.2) is 8.78 Å². The number of carbonyl (C=O) groups is 1. The van der Waals surface area contributed by atoms with E-state index in [0.29, 0.717) is 11.1 Å². The molecule has 1 heterocycles. The first kappa shape index (κ1) is 16.1. The van der Waals surface area contributed by atoms with Crippen molar-refractivity contribution < 1.29 is 13.6 Å². The Labute approximate surface area is 140 Å². The Morgan fingerprint density at radius 3 is 2.54 bits per heavy atom. The Hall–Kier alpha value is -2.80. The number of guanidine groups is 1. The molecule has 0 atom stereocenters. The van der Waals surface area contributed by atoms with Gasteiger partial charge in [-0.2, -0.15) is 4.99 Å². The van der Waals surface area contributed by atoms with Crippen LogP contribution in [-0.2, 0) is 0 Å². The third-order valence-corrected chi connectivity index (χ3v) is 4.63. The SMILES string of the molecule is NC(N)=NC(=O)c1cccc(-c2c(C(F)F)sc3ccccc23)c1. The molecular formula is C17H13F2N3OS. The maximum absolute atomic E-state index is 13.5. The van der Waals surface area contributed by atoms with Crippen molar-refractivity contribution in [2.24, 2.45) is 16.5 Å². The van der Waals surface area contributed by atoms with E-state index in [1.165, 1.54) is 12.1 Å². The molecule has 2 aromatic carbocycles. The fraction of sp³-hybridized carbons (Fsp3) is 0.0588. The number of benzene rings is 2. The van der Waals surface area contributed by atoms with Crippen LogP contribution in [0.1, 0.15) is 21.7 Å². The second kappa shape index (κ2) is 6.37. The molecule has 1 aromatic heterocycles. The Morgan fingerprint density at radius 2 is 1.83 bits per heavy atom. The number of hydrogen-bond acceptors (Lipinski definition) is 2. The minimum absolute atomic E-state index is 0.0253. The predicted molar refractivity (Wildman–Crippen MR) is 92.4 cm³/mol. The van der Waals surface area contributed by atoms with Crippen molar-refractivity contribution in [3.63, 3.8) is 0 Å². The molecule has 0 aliphatic rings. The van der Waals surface area contributed by atoms with Crippen molar-refractivity contribution in [2.45, 2.75) is 6.43 Å². The van der Waals surface area contributed by atoms with E-state index in [-0.39, 0.29) is 16.4 Å². The number of halogens is 2. The molecule has 4 N–H and O–H groups in total. The zero-order valence-corrected chi connectivity index (χ0v) is 13.2. The summed E-state index contributed by atoms with van der Waals surface area (Å²) in [5.41, 5.74) is 11.6. The highest BCUT2D eigenvalue weighted by molar-refractivity contribution is 7.19. The minimum Gasteiger partial charge on any atom is -0.370 e. The number of rotatable bonds is 3. The third-order valence-electron chi connectivity index (χ3n) is 3.45. The fourth-order valence-corrected chi connectivity index (χ4v) is 3.59. The Morgan fingerprint density at radius 1 is 1.08 bits per heavy atom. The number of carbonyl (C=O) groups excluding carboxylic acids is 1. The zero-order chi connectivity index (χ0) is 17.3. The summed E-state index contributed by atoms with van der Waals surface area (Å²) in [7, 11) is 0. The molecule has 3 aromatic rings. The van der Waals surface area contributed by atoms with Crippen molar-refractivity contribution in [3.8, 4) is 11.1 Å². The van der Waals surface area contributed by atoms with Gasteiger partial charge in [-0.05, 0) is 23.8 Å². The van der Waals surface area contributed by atoms with Gasteiger partial charge in [0.2, 0.25) is 0 Å². The molecule has 0 saturated heterocycles. The number of amides is 1. The van der Waals surface area contributed by atoms with Crippen molar-refractivity contribution >= 4 is 33.3 Å². The number of nitrogens with two attached hydrogens (primary N) is 2.